The summed E-state index contributed by atoms with van der Waals surface area (Å²) in [6.07, 6.45) is 2.85. The minimum atomic E-state index is -1.34. The molecule has 0 radical (unpaired) electrons. The second-order valence-corrected chi connectivity index (χ2v) is 17.4. The molecule has 5 aliphatic rings. The Morgan fingerprint density at radius 2 is 1.39 bits per heavy atom. The molecule has 67 heavy (non-hydrogen) atoms. The Balaban J connectivity index is 1.18. The Hall–Kier alpha value is -7.35. The molecule has 14 heteroatoms. The van der Waals surface area contributed by atoms with E-state index < -0.39 is 35.9 Å². The molecule has 3 atom stereocenters. The molecule has 0 saturated heterocycles. The molecule has 1 fully saturated rings. The number of benzene rings is 5. The highest BCUT2D eigenvalue weighted by atomic mass is 16.5. The molecule has 4 bridgehead atoms. The van der Waals surface area contributed by atoms with Crippen LogP contribution in [0, 0.1) is 19.8 Å². The molecule has 0 unspecified atom stereocenters. The van der Waals surface area contributed by atoms with Gasteiger partial charge in [-0.1, -0.05) is 78.9 Å². The van der Waals surface area contributed by atoms with Gasteiger partial charge in [-0.3, -0.25) is 19.2 Å². The summed E-state index contributed by atoms with van der Waals surface area (Å²) in [6, 6.07) is 30.8. The fraction of sp³-hybridized carbons (Fsp3) is 0.340. The molecule has 350 valence electrons. The van der Waals surface area contributed by atoms with Crippen LogP contribution in [-0.2, 0) is 43.4 Å². The highest BCUT2D eigenvalue weighted by Gasteiger charge is 2.32. The van der Waals surface area contributed by atoms with Crippen molar-refractivity contribution in [3.05, 3.63) is 149 Å². The van der Waals surface area contributed by atoms with Crippen LogP contribution in [0.25, 0.3) is 0 Å². The van der Waals surface area contributed by atoms with E-state index in [9.17, 15) is 29.1 Å². The van der Waals surface area contributed by atoms with Crippen molar-refractivity contribution in [2.45, 2.75) is 96.4 Å². The lowest BCUT2D eigenvalue weighted by Gasteiger charge is -2.29. The number of anilines is 1. The van der Waals surface area contributed by atoms with E-state index in [1.807, 2.05) is 69.3 Å². The van der Waals surface area contributed by atoms with Gasteiger partial charge in [0, 0.05) is 49.2 Å². The Bertz CT molecular complexity index is 2490. The Labute approximate surface area is 391 Å². The van der Waals surface area contributed by atoms with Crippen molar-refractivity contribution in [2.75, 3.05) is 18.5 Å². The summed E-state index contributed by atoms with van der Waals surface area (Å²) in [5.74, 6) is -1.19. The topological polar surface area (TPSA) is 193 Å². The second kappa shape index (κ2) is 22.7. The maximum atomic E-state index is 14.2. The van der Waals surface area contributed by atoms with Crippen molar-refractivity contribution >= 4 is 35.3 Å². The third-order valence-electron chi connectivity index (χ3n) is 12.0. The summed E-state index contributed by atoms with van der Waals surface area (Å²) >= 11 is 0. The van der Waals surface area contributed by atoms with Crippen LogP contribution in [0.5, 0.6) is 23.0 Å². The molecule has 1 saturated carbocycles. The fourth-order valence-corrected chi connectivity index (χ4v) is 8.70. The summed E-state index contributed by atoms with van der Waals surface area (Å²) in [5.41, 5.74) is 5.38. The number of rotatable bonds is 8. The number of ether oxygens (including phenoxy) is 3. The standard InChI is InChI=1S/C53H59N5O9/c1-4-65-46-30-43(67-42-24-33(2)23-34(3)25-42)29-39-31-54-40-19-15-36(16-20-40)27-45(53(63)64)57-51(61)44(26-35-11-7-5-8-12-35)56-52(62)49(38-13-9-6-10-14-38)58-47(59)28-37-17-21-41(22-18-37)55-48(60)32-66-50(39)46/h5-16,19-20,23-25,29-30,37,41,44-45,49,54H,4,17-18,21-22,26-28,31-32H2,1-3H3,(H,55,60)(H,56,62)(H,57,61)(H,58,59)(H,63,64)/t37?,41?,44-,45+,49+/m1/s1. The quantitative estimate of drug-likeness (QED) is 0.0924. The smallest absolute Gasteiger partial charge is 0.326 e. The molecular formula is C53H59N5O9. The predicted molar refractivity (Wildman–Crippen MR) is 254 cm³/mol. The molecule has 10 rings (SSSR count). The first-order valence-electron chi connectivity index (χ1n) is 22.9. The number of aryl methyl sites for hydroxylation is 2. The molecule has 4 aliphatic heterocycles. The number of hydrogen-bond acceptors (Lipinski definition) is 9. The van der Waals surface area contributed by atoms with E-state index in [0.717, 1.165) is 16.7 Å². The zero-order valence-corrected chi connectivity index (χ0v) is 38.1. The van der Waals surface area contributed by atoms with Crippen LogP contribution in [0.1, 0.15) is 78.5 Å². The first-order chi connectivity index (χ1) is 32.4. The summed E-state index contributed by atoms with van der Waals surface area (Å²) < 4.78 is 18.7. The van der Waals surface area contributed by atoms with Gasteiger partial charge < -0.3 is 45.9 Å². The lowest BCUT2D eigenvalue weighted by Crippen LogP contribution is -2.55. The molecule has 6 N–H and O–H groups in total. The van der Waals surface area contributed by atoms with Crippen molar-refractivity contribution < 1.29 is 43.3 Å². The van der Waals surface area contributed by atoms with Gasteiger partial charge in [0.15, 0.2) is 18.1 Å². The molecule has 4 heterocycles. The lowest BCUT2D eigenvalue weighted by molar-refractivity contribution is -0.142. The van der Waals surface area contributed by atoms with E-state index in [0.29, 0.717) is 77.7 Å². The minimum absolute atomic E-state index is 0.0133. The number of nitrogens with one attached hydrogen (secondary N) is 5. The van der Waals surface area contributed by atoms with Gasteiger partial charge in [0.05, 0.1) is 6.61 Å². The normalized spacial score (nSPS) is 20.9. The summed E-state index contributed by atoms with van der Waals surface area (Å²) in [5, 5.41) is 25.3. The van der Waals surface area contributed by atoms with E-state index in [-0.39, 0.29) is 56.2 Å². The largest absolute Gasteiger partial charge is 0.490 e. The maximum absolute atomic E-state index is 14.2. The Kier molecular flexibility index (Phi) is 16.1. The SMILES string of the molecule is CCOc1cc(Oc2cc(C)cc(C)c2)cc2c1OCC(=O)NC1CCC(CC1)CC(=O)N[C@@H](c1ccccc1)C(=O)N[C@H](Cc1ccccc1)C(=O)N[C@H](C(=O)O)Cc1ccc(cc1)NC2. The highest BCUT2D eigenvalue weighted by molar-refractivity contribution is 5.94. The summed E-state index contributed by atoms with van der Waals surface area (Å²) in [7, 11) is 0. The van der Waals surface area contributed by atoms with Crippen molar-refractivity contribution in [2.24, 2.45) is 5.92 Å². The lowest BCUT2D eigenvalue weighted by atomic mass is 9.84. The number of amides is 4. The number of aliphatic carboxylic acids is 1. The first kappa shape index (κ1) is 47.6. The van der Waals surface area contributed by atoms with Crippen LogP contribution < -0.4 is 40.8 Å². The van der Waals surface area contributed by atoms with Gasteiger partial charge in [-0.05, 0) is 111 Å². The Morgan fingerprint density at radius 3 is 2.06 bits per heavy atom. The number of carbonyl (C=O) groups is 5. The molecule has 14 nitrogen and oxygen atoms in total. The number of carboxylic acids is 1. The highest BCUT2D eigenvalue weighted by Crippen LogP contribution is 2.39. The zero-order chi connectivity index (χ0) is 47.3. The van der Waals surface area contributed by atoms with Crippen molar-refractivity contribution in [1.82, 2.24) is 21.3 Å². The van der Waals surface area contributed by atoms with E-state index in [1.54, 1.807) is 60.7 Å². The van der Waals surface area contributed by atoms with Gasteiger partial charge in [-0.2, -0.15) is 0 Å². The Morgan fingerprint density at radius 1 is 0.716 bits per heavy atom. The number of carboxylic acid groups (broad SMARTS) is 1. The third-order valence-corrected chi connectivity index (χ3v) is 12.0. The van der Waals surface area contributed by atoms with Gasteiger partial charge >= 0.3 is 5.97 Å². The summed E-state index contributed by atoms with van der Waals surface area (Å²) in [6.45, 7) is 6.17. The average Bonchev–Trinajstić information content (AvgIpc) is 3.30. The number of carbonyl (C=O) groups excluding carboxylic acids is 4. The van der Waals surface area contributed by atoms with Crippen LogP contribution in [0.4, 0.5) is 5.69 Å². The molecule has 1 aliphatic carbocycles. The van der Waals surface area contributed by atoms with Gasteiger partial charge in [0.25, 0.3) is 5.91 Å². The zero-order valence-electron chi connectivity index (χ0n) is 38.1. The second-order valence-electron chi connectivity index (χ2n) is 17.4. The van der Waals surface area contributed by atoms with Gasteiger partial charge in [0.1, 0.15) is 29.6 Å². The number of hydrogen-bond donors (Lipinski definition) is 6. The van der Waals surface area contributed by atoms with Gasteiger partial charge in [-0.25, -0.2) is 4.79 Å². The molecular weight excluding hydrogens is 851 g/mol. The van der Waals surface area contributed by atoms with Crippen LogP contribution in [-0.4, -0.2) is 66.0 Å². The molecule has 4 amide bonds. The van der Waals surface area contributed by atoms with Crippen LogP contribution in [0.2, 0.25) is 0 Å². The van der Waals surface area contributed by atoms with Gasteiger partial charge in [0.2, 0.25) is 17.7 Å². The van der Waals surface area contributed by atoms with E-state index in [2.05, 4.69) is 32.7 Å². The predicted octanol–water partition coefficient (Wildman–Crippen LogP) is 7.26. The van der Waals surface area contributed by atoms with Crippen LogP contribution in [0.15, 0.2) is 115 Å². The minimum Gasteiger partial charge on any atom is -0.490 e. The molecule has 5 aromatic carbocycles. The van der Waals surface area contributed by atoms with E-state index >= 15 is 0 Å². The van der Waals surface area contributed by atoms with Crippen molar-refractivity contribution in [3.63, 3.8) is 0 Å². The van der Waals surface area contributed by atoms with Crippen molar-refractivity contribution in [3.8, 4) is 23.0 Å². The summed E-state index contributed by atoms with van der Waals surface area (Å²) in [4.78, 5) is 68.2. The van der Waals surface area contributed by atoms with Crippen LogP contribution >= 0.6 is 0 Å². The average molecular weight is 910 g/mol. The fourth-order valence-electron chi connectivity index (χ4n) is 8.70. The van der Waals surface area contributed by atoms with E-state index in [1.165, 1.54) is 0 Å². The monoisotopic (exact) mass is 909 g/mol. The maximum Gasteiger partial charge on any atom is 0.326 e. The van der Waals surface area contributed by atoms with Gasteiger partial charge in [-0.15, -0.1) is 0 Å². The van der Waals surface area contributed by atoms with Crippen LogP contribution in [0.3, 0.4) is 0 Å². The molecule has 0 spiro atoms. The van der Waals surface area contributed by atoms with E-state index in [4.69, 9.17) is 14.2 Å². The first-order valence-corrected chi connectivity index (χ1v) is 22.9. The van der Waals surface area contributed by atoms with Crippen molar-refractivity contribution in [1.29, 1.82) is 0 Å². The molecule has 5 aromatic rings. The third kappa shape index (κ3) is 13.6. The molecule has 0 aromatic heterocycles.